The SMILES string of the molecule is O=[S](=O)([AlH])[Zr]. The Morgan fingerprint density at radius 1 is 1.60 bits per heavy atom. The minimum absolute atomic E-state index is 0.602. The topological polar surface area (TPSA) is 34.1 Å². The van der Waals surface area contributed by atoms with Crippen LogP contribution in [0.1, 0.15) is 0 Å². The Kier molecular flexibility index (Phi) is 2.40. The standard InChI is InChI=1S/Al.O2S.Zr.H/c;1-3-2;;. The van der Waals surface area contributed by atoms with Crippen molar-refractivity contribution in [2.75, 3.05) is 0 Å². The van der Waals surface area contributed by atoms with Crippen molar-refractivity contribution in [3.8, 4) is 0 Å². The van der Waals surface area contributed by atoms with Gasteiger partial charge in [-0.1, -0.05) is 0 Å². The van der Waals surface area contributed by atoms with Gasteiger partial charge in [-0.3, -0.25) is 0 Å². The molecule has 0 spiro atoms. The zero-order chi connectivity index (χ0) is 4.50. The summed E-state index contributed by atoms with van der Waals surface area (Å²) < 4.78 is 19.4. The molecule has 0 amide bonds. The van der Waals surface area contributed by atoms with Crippen molar-refractivity contribution < 1.29 is 31.7 Å². The Balaban J connectivity index is 4.06. The fourth-order valence-electron chi connectivity index (χ4n) is 0. The Labute approximate surface area is 51.4 Å². The Hall–Kier alpha value is 1.37. The average Bonchev–Trinajstić information content (AvgIpc) is 0.722. The van der Waals surface area contributed by atoms with E-state index < -0.39 is 4.96 Å². The Morgan fingerprint density at radius 2 is 1.60 bits per heavy atom. The van der Waals surface area contributed by atoms with E-state index in [2.05, 4.69) is 0 Å². The van der Waals surface area contributed by atoms with Crippen LogP contribution in [0.25, 0.3) is 0 Å². The van der Waals surface area contributed by atoms with Gasteiger partial charge in [-0.2, -0.15) is 0 Å². The molecule has 0 rings (SSSR count). The predicted octanol–water partition coefficient (Wildman–Crippen LogP) is -1.32. The molecule has 0 atom stereocenters. The molecule has 0 N–H and O–H groups in total. The molecule has 0 fully saturated rings. The first kappa shape index (κ1) is 6.37. The summed E-state index contributed by atoms with van der Waals surface area (Å²) in [6.07, 6.45) is 0. The molecule has 0 saturated heterocycles. The molecule has 0 aliphatic heterocycles. The van der Waals surface area contributed by atoms with Crippen molar-refractivity contribution in [1.29, 1.82) is 0 Å². The van der Waals surface area contributed by atoms with Crippen molar-refractivity contribution >= 4 is 20.1 Å². The van der Waals surface area contributed by atoms with E-state index in [1.807, 2.05) is 0 Å². The number of hydrogen-bond donors (Lipinski definition) is 0. The summed E-state index contributed by atoms with van der Waals surface area (Å²) in [7, 11) is 0. The van der Waals surface area contributed by atoms with Crippen molar-refractivity contribution in [3.63, 3.8) is 0 Å². The molecule has 0 unspecified atom stereocenters. The third-order valence-corrected chi connectivity index (χ3v) is 0. The molecule has 0 saturated carbocycles. The van der Waals surface area contributed by atoms with Gasteiger partial charge in [0.2, 0.25) is 0 Å². The molecule has 0 aromatic heterocycles. The van der Waals surface area contributed by atoms with E-state index in [1.165, 1.54) is 0 Å². The van der Waals surface area contributed by atoms with E-state index in [0.29, 0.717) is 23.3 Å². The molecule has 26 valence electrons. The predicted molar refractivity (Wildman–Crippen MR) is 16.1 cm³/mol. The molecule has 5 heavy (non-hydrogen) atoms. The maximum absolute atomic E-state index is 9.68. The molecule has 0 heterocycles. The van der Waals surface area contributed by atoms with Crippen LogP contribution in [0.3, 0.4) is 0 Å². The van der Waals surface area contributed by atoms with Gasteiger partial charge in [0.05, 0.1) is 0 Å². The van der Waals surface area contributed by atoms with Crippen LogP contribution in [0.5, 0.6) is 0 Å². The van der Waals surface area contributed by atoms with Crippen LogP contribution >= 0.6 is 0 Å². The first-order chi connectivity index (χ1) is 2.00. The molecule has 5 heteroatoms. The van der Waals surface area contributed by atoms with Gasteiger partial charge in [-0.05, 0) is 0 Å². The van der Waals surface area contributed by atoms with E-state index in [-0.39, 0.29) is 0 Å². The van der Waals surface area contributed by atoms with Gasteiger partial charge in [-0.25, -0.2) is 0 Å². The summed E-state index contributed by atoms with van der Waals surface area (Å²) in [6.45, 7) is 0. The fraction of sp³-hybridized carbons (Fsp3) is 0. The second-order valence-corrected chi connectivity index (χ2v) is 13.0. The third-order valence-electron chi connectivity index (χ3n) is 0. The van der Waals surface area contributed by atoms with Gasteiger partial charge in [0.25, 0.3) is 0 Å². The molecule has 0 aromatic rings. The van der Waals surface area contributed by atoms with E-state index in [9.17, 15) is 8.42 Å². The van der Waals surface area contributed by atoms with Gasteiger partial charge >= 0.3 is 51.8 Å². The number of hydrogen-bond acceptors (Lipinski definition) is 2. The Morgan fingerprint density at radius 3 is 1.60 bits per heavy atom. The zero-order valence-corrected chi connectivity index (χ0v) is 7.12. The monoisotopic (exact) mass is 182 g/mol. The average molecular weight is 183 g/mol. The van der Waals surface area contributed by atoms with Crippen LogP contribution in [0.15, 0.2) is 0 Å². The van der Waals surface area contributed by atoms with Gasteiger partial charge in [0.15, 0.2) is 0 Å². The van der Waals surface area contributed by atoms with E-state index >= 15 is 0 Å². The quantitative estimate of drug-likeness (QED) is 0.437. The van der Waals surface area contributed by atoms with Crippen LogP contribution < -0.4 is 0 Å². The van der Waals surface area contributed by atoms with Gasteiger partial charge < -0.3 is 0 Å². The maximum atomic E-state index is 9.68. The van der Waals surface area contributed by atoms with E-state index in [0.717, 1.165) is 15.2 Å². The number of rotatable bonds is 0. The van der Waals surface area contributed by atoms with Crippen LogP contribution in [0.2, 0.25) is 0 Å². The summed E-state index contributed by atoms with van der Waals surface area (Å²) in [6, 6.07) is 0. The Bertz CT molecular complexity index is 92.8. The van der Waals surface area contributed by atoms with E-state index in [4.69, 9.17) is 0 Å². The van der Waals surface area contributed by atoms with Crippen LogP contribution in [-0.2, 0) is 28.2 Å². The second-order valence-electron chi connectivity index (χ2n) is 0.615. The van der Waals surface area contributed by atoms with Crippen LogP contribution in [0, 0.1) is 0 Å². The van der Waals surface area contributed by atoms with Gasteiger partial charge in [-0.15, -0.1) is 0 Å². The zero-order valence-electron chi connectivity index (χ0n) is 2.43. The first-order valence-corrected chi connectivity index (χ1v) is 7.22. The second kappa shape index (κ2) is 1.88. The summed E-state index contributed by atoms with van der Waals surface area (Å²) >= 11 is 1.63. The summed E-state index contributed by atoms with van der Waals surface area (Å²) in [5.41, 5.74) is 0. The van der Waals surface area contributed by atoms with Crippen molar-refractivity contribution in [1.82, 2.24) is 0 Å². The van der Waals surface area contributed by atoms with Crippen molar-refractivity contribution in [2.24, 2.45) is 0 Å². The molecule has 1 radical (unpaired) electrons. The molecule has 0 aliphatic rings. The third kappa shape index (κ3) is 32.6. The molecular formula is HAlO2SZr. The summed E-state index contributed by atoms with van der Waals surface area (Å²) in [4.78, 5) is -2.55. The van der Waals surface area contributed by atoms with E-state index in [1.54, 1.807) is 0 Å². The molecule has 0 aromatic carbocycles. The molecule has 2 nitrogen and oxygen atoms in total. The van der Waals surface area contributed by atoms with Gasteiger partial charge in [0, 0.05) is 0 Å². The minimum atomic E-state index is -2.55. The van der Waals surface area contributed by atoms with Crippen LogP contribution in [0.4, 0.5) is 0 Å². The fourth-order valence-corrected chi connectivity index (χ4v) is 0. The normalized spacial score (nSPS) is 11.0. The first-order valence-electron chi connectivity index (χ1n) is 0.826. The van der Waals surface area contributed by atoms with Crippen molar-refractivity contribution in [3.05, 3.63) is 0 Å². The molecular weight excluding hydrogens is 182 g/mol. The van der Waals surface area contributed by atoms with Crippen molar-refractivity contribution in [2.45, 2.75) is 0 Å². The molecule has 0 bridgehead atoms. The van der Waals surface area contributed by atoms with Gasteiger partial charge in [0.1, 0.15) is 0 Å². The summed E-state index contributed by atoms with van der Waals surface area (Å²) in [5, 5.41) is 0. The molecule has 0 aliphatic carbocycles. The summed E-state index contributed by atoms with van der Waals surface area (Å²) in [5.74, 6) is 0. The van der Waals surface area contributed by atoms with Crippen LogP contribution in [-0.4, -0.2) is 23.6 Å².